The molecule has 0 bridgehead atoms. The van der Waals surface area contributed by atoms with Gasteiger partial charge in [-0.3, -0.25) is 9.59 Å². The Balaban J connectivity index is 1.45. The van der Waals surface area contributed by atoms with E-state index in [0.717, 1.165) is 112 Å². The van der Waals surface area contributed by atoms with Crippen LogP contribution in [0.5, 0.6) is 0 Å². The summed E-state index contributed by atoms with van der Waals surface area (Å²) < 4.78 is 11.5. The normalized spacial score (nSPS) is 17.6. The number of nitrogens with one attached hydrogen (secondary N) is 2. The standard InChI is InChI=1S/C38H49ClN4O4/c1-6-14-42-23-38(12-17-47-18-13-38)31-9-8-27(20-33(31)42)29-21-32(43(7-2)28-10-15-46-16-11-28)26(5)34(35(29)39)37(45)40-22-30-24(3)19-25(4)41-36(30)44/h8-9,19-21,28H,6-7,10-18,22-23H2,1-5H3,(H,40,45)(H,41,44). The molecule has 0 saturated carbocycles. The van der Waals surface area contributed by atoms with Crippen molar-refractivity contribution >= 4 is 28.9 Å². The first kappa shape index (κ1) is 33.6. The Bertz CT molecular complexity index is 1690. The molecular weight excluding hydrogens is 612 g/mol. The first-order chi connectivity index (χ1) is 22.7. The zero-order valence-corrected chi connectivity index (χ0v) is 29.3. The van der Waals surface area contributed by atoms with Crippen LogP contribution in [0.15, 0.2) is 35.1 Å². The second kappa shape index (κ2) is 14.0. The number of pyridine rings is 1. The molecule has 6 rings (SSSR count). The van der Waals surface area contributed by atoms with E-state index in [2.05, 4.69) is 58.2 Å². The van der Waals surface area contributed by atoms with Crippen molar-refractivity contribution in [2.24, 2.45) is 0 Å². The van der Waals surface area contributed by atoms with Gasteiger partial charge in [-0.15, -0.1) is 0 Å². The summed E-state index contributed by atoms with van der Waals surface area (Å²) in [6, 6.07) is 11.2. The van der Waals surface area contributed by atoms with Crippen LogP contribution in [-0.2, 0) is 21.4 Å². The van der Waals surface area contributed by atoms with Crippen molar-refractivity contribution in [3.63, 3.8) is 0 Å². The maximum absolute atomic E-state index is 14.1. The summed E-state index contributed by atoms with van der Waals surface area (Å²) in [5.74, 6) is -0.284. The molecule has 1 spiro atoms. The fraction of sp³-hybridized carbons (Fsp3) is 0.526. The number of hydrogen-bond acceptors (Lipinski definition) is 6. The SMILES string of the molecule is CCCN1CC2(CCOCC2)c2ccc(-c3cc(N(CC)C4CCOCC4)c(C)c(C(=O)NCc4c(C)cc(C)[nH]c4=O)c3Cl)cc21. The fourth-order valence-electron chi connectivity index (χ4n) is 8.10. The molecular formula is C38H49ClN4O4. The van der Waals surface area contributed by atoms with Crippen LogP contribution in [0.3, 0.4) is 0 Å². The van der Waals surface area contributed by atoms with E-state index in [1.54, 1.807) is 0 Å². The molecule has 1 amide bonds. The van der Waals surface area contributed by atoms with Gasteiger partial charge in [0, 0.05) is 92.3 Å². The van der Waals surface area contributed by atoms with Crippen molar-refractivity contribution in [1.29, 1.82) is 0 Å². The number of ether oxygens (including phenoxy) is 2. The van der Waals surface area contributed by atoms with E-state index in [-0.39, 0.29) is 23.4 Å². The number of nitrogens with zero attached hydrogens (tertiary/aromatic N) is 2. The third-order valence-electron chi connectivity index (χ3n) is 10.6. The maximum Gasteiger partial charge on any atom is 0.253 e. The molecule has 47 heavy (non-hydrogen) atoms. The van der Waals surface area contributed by atoms with E-state index in [4.69, 9.17) is 21.1 Å². The third kappa shape index (κ3) is 6.44. The van der Waals surface area contributed by atoms with Crippen molar-refractivity contribution in [2.45, 2.75) is 84.7 Å². The average molecular weight is 661 g/mol. The van der Waals surface area contributed by atoms with Gasteiger partial charge in [-0.1, -0.05) is 30.7 Å². The van der Waals surface area contributed by atoms with Crippen LogP contribution < -0.4 is 20.7 Å². The van der Waals surface area contributed by atoms with Crippen molar-refractivity contribution in [2.75, 3.05) is 55.9 Å². The number of aromatic nitrogens is 1. The minimum absolute atomic E-state index is 0.114. The van der Waals surface area contributed by atoms with Crippen LogP contribution >= 0.6 is 11.6 Å². The molecule has 2 N–H and O–H groups in total. The Hall–Kier alpha value is -3.33. The first-order valence-corrected chi connectivity index (χ1v) is 17.7. The molecule has 1 aromatic heterocycles. The van der Waals surface area contributed by atoms with Crippen molar-refractivity contribution < 1.29 is 14.3 Å². The van der Waals surface area contributed by atoms with Gasteiger partial charge in [-0.2, -0.15) is 0 Å². The molecule has 2 aromatic carbocycles. The maximum atomic E-state index is 14.1. The Morgan fingerprint density at radius 2 is 1.79 bits per heavy atom. The van der Waals surface area contributed by atoms with Gasteiger partial charge in [0.25, 0.3) is 11.5 Å². The van der Waals surface area contributed by atoms with E-state index in [9.17, 15) is 9.59 Å². The Morgan fingerprint density at radius 3 is 2.47 bits per heavy atom. The lowest BCUT2D eigenvalue weighted by atomic mass is 9.75. The number of halogens is 1. The second-order valence-corrected chi connectivity index (χ2v) is 13.9. The number of aryl methyl sites for hydroxylation is 2. The first-order valence-electron chi connectivity index (χ1n) is 17.3. The van der Waals surface area contributed by atoms with Crippen LogP contribution in [0.25, 0.3) is 11.1 Å². The number of fused-ring (bicyclic) bond motifs is 2. The number of carbonyl (C=O) groups excluding carboxylic acids is 1. The Kier molecular flexibility index (Phi) is 10.0. The molecule has 252 valence electrons. The monoisotopic (exact) mass is 660 g/mol. The topological polar surface area (TPSA) is 86.9 Å². The molecule has 0 unspecified atom stereocenters. The fourth-order valence-corrected chi connectivity index (χ4v) is 8.49. The zero-order chi connectivity index (χ0) is 33.3. The van der Waals surface area contributed by atoms with Gasteiger partial charge in [-0.25, -0.2) is 0 Å². The van der Waals surface area contributed by atoms with Crippen LogP contribution in [-0.4, -0.2) is 63.0 Å². The van der Waals surface area contributed by atoms with E-state index in [1.165, 1.54) is 11.3 Å². The number of benzene rings is 2. The summed E-state index contributed by atoms with van der Waals surface area (Å²) >= 11 is 7.31. The highest BCUT2D eigenvalue weighted by atomic mass is 35.5. The van der Waals surface area contributed by atoms with Crippen molar-refractivity contribution in [3.05, 3.63) is 79.2 Å². The van der Waals surface area contributed by atoms with Gasteiger partial charge in [0.1, 0.15) is 0 Å². The number of hydrogen-bond donors (Lipinski definition) is 2. The quantitative estimate of drug-likeness (QED) is 0.262. The molecule has 8 nitrogen and oxygen atoms in total. The van der Waals surface area contributed by atoms with E-state index >= 15 is 0 Å². The molecule has 0 radical (unpaired) electrons. The Morgan fingerprint density at radius 1 is 1.06 bits per heavy atom. The number of amides is 1. The molecule has 0 atom stereocenters. The summed E-state index contributed by atoms with van der Waals surface area (Å²) in [7, 11) is 0. The number of carbonyl (C=O) groups is 1. The second-order valence-electron chi connectivity index (χ2n) is 13.6. The molecule has 4 heterocycles. The van der Waals surface area contributed by atoms with Crippen molar-refractivity contribution in [3.8, 4) is 11.1 Å². The summed E-state index contributed by atoms with van der Waals surface area (Å²) in [6.45, 7) is 16.1. The van der Waals surface area contributed by atoms with Crippen LogP contribution in [0.1, 0.15) is 84.3 Å². The molecule has 3 aromatic rings. The van der Waals surface area contributed by atoms with E-state index in [0.29, 0.717) is 22.2 Å². The number of aromatic amines is 1. The van der Waals surface area contributed by atoms with E-state index in [1.807, 2.05) is 26.8 Å². The highest BCUT2D eigenvalue weighted by Gasteiger charge is 2.43. The lowest BCUT2D eigenvalue weighted by Crippen LogP contribution is -2.40. The molecule has 0 aliphatic carbocycles. The summed E-state index contributed by atoms with van der Waals surface area (Å²) in [5, 5.41) is 3.48. The predicted molar refractivity (Wildman–Crippen MR) is 190 cm³/mol. The van der Waals surface area contributed by atoms with Gasteiger partial charge in [0.05, 0.1) is 10.6 Å². The molecule has 2 saturated heterocycles. The average Bonchev–Trinajstić information content (AvgIpc) is 3.34. The minimum atomic E-state index is -0.284. The van der Waals surface area contributed by atoms with E-state index < -0.39 is 0 Å². The third-order valence-corrected chi connectivity index (χ3v) is 11.0. The summed E-state index contributed by atoms with van der Waals surface area (Å²) in [6.07, 6.45) is 4.98. The van der Waals surface area contributed by atoms with Crippen molar-refractivity contribution in [1.82, 2.24) is 10.3 Å². The van der Waals surface area contributed by atoms with Gasteiger partial charge in [-0.05, 0) is 100 Å². The molecule has 2 fully saturated rings. The summed E-state index contributed by atoms with van der Waals surface area (Å²) in [5.41, 5.74) is 8.93. The lowest BCUT2D eigenvalue weighted by molar-refractivity contribution is 0.0553. The smallest absolute Gasteiger partial charge is 0.253 e. The van der Waals surface area contributed by atoms with Gasteiger partial charge in [0.2, 0.25) is 0 Å². The van der Waals surface area contributed by atoms with Crippen LogP contribution in [0.2, 0.25) is 5.02 Å². The Labute approximate surface area is 283 Å². The number of rotatable bonds is 9. The number of anilines is 2. The van der Waals surface area contributed by atoms with Gasteiger partial charge < -0.3 is 29.6 Å². The molecule has 9 heteroatoms. The predicted octanol–water partition coefficient (Wildman–Crippen LogP) is 6.83. The zero-order valence-electron chi connectivity index (χ0n) is 28.6. The minimum Gasteiger partial charge on any atom is -0.381 e. The van der Waals surface area contributed by atoms with Gasteiger partial charge in [0.15, 0.2) is 0 Å². The van der Waals surface area contributed by atoms with Crippen LogP contribution in [0, 0.1) is 20.8 Å². The summed E-state index contributed by atoms with van der Waals surface area (Å²) in [4.78, 5) is 34.7. The highest BCUT2D eigenvalue weighted by Crippen LogP contribution is 2.49. The lowest BCUT2D eigenvalue weighted by Gasteiger charge is -2.37. The number of H-pyrrole nitrogens is 1. The van der Waals surface area contributed by atoms with Gasteiger partial charge >= 0.3 is 0 Å². The largest absolute Gasteiger partial charge is 0.381 e. The highest BCUT2D eigenvalue weighted by molar-refractivity contribution is 6.37. The molecule has 3 aliphatic heterocycles. The van der Waals surface area contributed by atoms with Crippen LogP contribution in [0.4, 0.5) is 11.4 Å². The molecule has 3 aliphatic rings.